The third-order valence-corrected chi connectivity index (χ3v) is 4.15. The third-order valence-electron chi connectivity index (χ3n) is 3.74. The summed E-state index contributed by atoms with van der Waals surface area (Å²) in [4.78, 5) is 12.1. The molecule has 0 fully saturated rings. The molecule has 0 spiro atoms. The molecular weight excluding hydrogens is 308 g/mol. The third kappa shape index (κ3) is 3.63. The van der Waals surface area contributed by atoms with Crippen LogP contribution in [-0.4, -0.2) is 12.5 Å². The number of hydrogen-bond donors (Lipinski definition) is 2. The minimum atomic E-state index is -0.0975. The van der Waals surface area contributed by atoms with Gasteiger partial charge in [0.1, 0.15) is 0 Å². The molecule has 0 aliphatic carbocycles. The van der Waals surface area contributed by atoms with E-state index in [4.69, 9.17) is 11.6 Å². The first-order chi connectivity index (χ1) is 11.1. The van der Waals surface area contributed by atoms with Crippen molar-refractivity contribution in [2.24, 2.45) is 0 Å². The highest BCUT2D eigenvalue weighted by Gasteiger charge is 2.06. The first-order valence-electron chi connectivity index (χ1n) is 7.41. The zero-order valence-corrected chi connectivity index (χ0v) is 13.5. The van der Waals surface area contributed by atoms with Gasteiger partial charge in [0.25, 0.3) is 0 Å². The van der Waals surface area contributed by atoms with Crippen LogP contribution in [0.5, 0.6) is 0 Å². The van der Waals surface area contributed by atoms with Crippen molar-refractivity contribution in [3.8, 4) is 0 Å². The molecule has 3 aromatic rings. The van der Waals surface area contributed by atoms with Gasteiger partial charge < -0.3 is 10.6 Å². The van der Waals surface area contributed by atoms with E-state index in [0.29, 0.717) is 5.02 Å². The first kappa shape index (κ1) is 15.4. The fraction of sp³-hybridized carbons (Fsp3) is 0.105. The number of halogens is 1. The fourth-order valence-corrected chi connectivity index (χ4v) is 2.62. The minimum absolute atomic E-state index is 0.0975. The Hall–Kier alpha value is -2.52. The molecule has 116 valence electrons. The quantitative estimate of drug-likeness (QED) is 0.720. The monoisotopic (exact) mass is 324 g/mol. The number of rotatable bonds is 4. The fourth-order valence-electron chi connectivity index (χ4n) is 2.45. The highest BCUT2D eigenvalue weighted by molar-refractivity contribution is 6.31. The van der Waals surface area contributed by atoms with E-state index in [-0.39, 0.29) is 12.5 Å². The van der Waals surface area contributed by atoms with Crippen LogP contribution in [0.3, 0.4) is 0 Å². The summed E-state index contributed by atoms with van der Waals surface area (Å²) in [6.45, 7) is 2.11. The topological polar surface area (TPSA) is 41.1 Å². The van der Waals surface area contributed by atoms with Gasteiger partial charge in [0.2, 0.25) is 5.91 Å². The molecule has 0 bridgehead atoms. The van der Waals surface area contributed by atoms with Gasteiger partial charge in [-0.15, -0.1) is 0 Å². The van der Waals surface area contributed by atoms with Crippen molar-refractivity contribution in [2.45, 2.75) is 6.92 Å². The van der Waals surface area contributed by atoms with Gasteiger partial charge >= 0.3 is 0 Å². The van der Waals surface area contributed by atoms with Gasteiger partial charge in [-0.3, -0.25) is 4.79 Å². The number of anilines is 2. The summed E-state index contributed by atoms with van der Waals surface area (Å²) in [7, 11) is 0. The normalized spacial score (nSPS) is 10.5. The van der Waals surface area contributed by atoms with E-state index in [9.17, 15) is 4.79 Å². The van der Waals surface area contributed by atoms with E-state index in [1.54, 1.807) is 0 Å². The Morgan fingerprint density at radius 1 is 1.00 bits per heavy atom. The average molecular weight is 325 g/mol. The van der Waals surface area contributed by atoms with Gasteiger partial charge in [0.15, 0.2) is 0 Å². The van der Waals surface area contributed by atoms with Crippen LogP contribution >= 0.6 is 11.6 Å². The SMILES string of the molecule is Cc1c(Cl)cccc1NCC(=O)Nc1ccc2ccccc2c1. The minimum Gasteiger partial charge on any atom is -0.376 e. The molecule has 0 saturated carbocycles. The molecule has 3 nitrogen and oxygen atoms in total. The predicted octanol–water partition coefficient (Wildman–Crippen LogP) is 4.85. The maximum absolute atomic E-state index is 12.1. The van der Waals surface area contributed by atoms with Crippen LogP contribution in [0.15, 0.2) is 60.7 Å². The maximum Gasteiger partial charge on any atom is 0.243 e. The average Bonchev–Trinajstić information content (AvgIpc) is 2.56. The Morgan fingerprint density at radius 2 is 1.78 bits per heavy atom. The molecule has 0 heterocycles. The Labute approximate surface area is 140 Å². The van der Waals surface area contributed by atoms with Crippen molar-refractivity contribution < 1.29 is 4.79 Å². The number of carbonyl (C=O) groups is 1. The van der Waals surface area contributed by atoms with E-state index in [0.717, 1.165) is 27.7 Å². The highest BCUT2D eigenvalue weighted by Crippen LogP contribution is 2.23. The lowest BCUT2D eigenvalue weighted by molar-refractivity contribution is -0.114. The lowest BCUT2D eigenvalue weighted by Crippen LogP contribution is -2.22. The van der Waals surface area contributed by atoms with Gasteiger partial charge in [-0.05, 0) is 47.5 Å². The standard InChI is InChI=1S/C19H17ClN2O/c1-13-17(20)7-4-8-18(13)21-12-19(23)22-16-10-9-14-5-2-3-6-15(14)11-16/h2-11,21H,12H2,1H3,(H,22,23). The number of carbonyl (C=O) groups excluding carboxylic acids is 1. The molecule has 3 rings (SSSR count). The van der Waals surface area contributed by atoms with Gasteiger partial charge in [-0.1, -0.05) is 48.0 Å². The van der Waals surface area contributed by atoms with Gasteiger partial charge in [-0.2, -0.15) is 0 Å². The molecule has 0 saturated heterocycles. The second-order valence-electron chi connectivity index (χ2n) is 5.38. The summed E-state index contributed by atoms with van der Waals surface area (Å²) in [5.41, 5.74) is 2.59. The van der Waals surface area contributed by atoms with Crippen LogP contribution in [-0.2, 0) is 4.79 Å². The van der Waals surface area contributed by atoms with E-state index >= 15 is 0 Å². The predicted molar refractivity (Wildman–Crippen MR) is 97.3 cm³/mol. The summed E-state index contributed by atoms with van der Waals surface area (Å²) in [5.74, 6) is -0.0975. The molecule has 2 N–H and O–H groups in total. The zero-order chi connectivity index (χ0) is 16.2. The van der Waals surface area contributed by atoms with Crippen molar-refractivity contribution in [1.82, 2.24) is 0 Å². The number of hydrogen-bond acceptors (Lipinski definition) is 2. The zero-order valence-electron chi connectivity index (χ0n) is 12.8. The largest absolute Gasteiger partial charge is 0.376 e. The van der Waals surface area contributed by atoms with E-state index in [1.165, 1.54) is 0 Å². The van der Waals surface area contributed by atoms with Crippen molar-refractivity contribution in [2.75, 3.05) is 17.2 Å². The first-order valence-corrected chi connectivity index (χ1v) is 7.79. The summed E-state index contributed by atoms with van der Waals surface area (Å²) in [6.07, 6.45) is 0. The van der Waals surface area contributed by atoms with E-state index in [1.807, 2.05) is 67.6 Å². The summed E-state index contributed by atoms with van der Waals surface area (Å²) < 4.78 is 0. The molecule has 0 radical (unpaired) electrons. The van der Waals surface area contributed by atoms with Crippen LogP contribution in [0, 0.1) is 6.92 Å². The molecule has 0 aromatic heterocycles. The molecule has 0 aliphatic rings. The Bertz CT molecular complexity index is 861. The lowest BCUT2D eigenvalue weighted by atomic mass is 10.1. The van der Waals surface area contributed by atoms with Crippen LogP contribution in [0.4, 0.5) is 11.4 Å². The van der Waals surface area contributed by atoms with Crippen molar-refractivity contribution in [1.29, 1.82) is 0 Å². The maximum atomic E-state index is 12.1. The smallest absolute Gasteiger partial charge is 0.243 e. The molecule has 0 unspecified atom stereocenters. The Morgan fingerprint density at radius 3 is 2.61 bits per heavy atom. The number of amides is 1. The number of benzene rings is 3. The molecule has 4 heteroatoms. The second-order valence-corrected chi connectivity index (χ2v) is 5.78. The van der Waals surface area contributed by atoms with Gasteiger partial charge in [0.05, 0.1) is 6.54 Å². The van der Waals surface area contributed by atoms with E-state index < -0.39 is 0 Å². The summed E-state index contributed by atoms with van der Waals surface area (Å²) in [6, 6.07) is 19.5. The lowest BCUT2D eigenvalue weighted by Gasteiger charge is -2.11. The summed E-state index contributed by atoms with van der Waals surface area (Å²) in [5, 5.41) is 8.96. The molecule has 0 atom stereocenters. The van der Waals surface area contributed by atoms with Gasteiger partial charge in [0, 0.05) is 16.4 Å². The van der Waals surface area contributed by atoms with Crippen LogP contribution in [0.2, 0.25) is 5.02 Å². The molecule has 0 aliphatic heterocycles. The summed E-state index contributed by atoms with van der Waals surface area (Å²) >= 11 is 6.07. The second kappa shape index (κ2) is 6.71. The molecule has 23 heavy (non-hydrogen) atoms. The molecular formula is C19H17ClN2O. The van der Waals surface area contributed by atoms with Crippen LogP contribution in [0.25, 0.3) is 10.8 Å². The number of fused-ring (bicyclic) bond motifs is 1. The van der Waals surface area contributed by atoms with Crippen molar-refractivity contribution in [3.05, 3.63) is 71.2 Å². The Kier molecular flexibility index (Phi) is 4.49. The Balaban J connectivity index is 1.65. The van der Waals surface area contributed by atoms with Crippen LogP contribution in [0.1, 0.15) is 5.56 Å². The van der Waals surface area contributed by atoms with E-state index in [2.05, 4.69) is 10.6 Å². The molecule has 3 aromatic carbocycles. The van der Waals surface area contributed by atoms with Crippen LogP contribution < -0.4 is 10.6 Å². The van der Waals surface area contributed by atoms with Gasteiger partial charge in [-0.25, -0.2) is 0 Å². The van der Waals surface area contributed by atoms with Crippen molar-refractivity contribution >= 4 is 39.7 Å². The highest BCUT2D eigenvalue weighted by atomic mass is 35.5. The molecule has 1 amide bonds. The number of nitrogens with one attached hydrogen (secondary N) is 2. The van der Waals surface area contributed by atoms with Crippen molar-refractivity contribution in [3.63, 3.8) is 0 Å².